The molecule has 0 fully saturated rings. The zero-order valence-electron chi connectivity index (χ0n) is 10.5. The third-order valence-corrected chi connectivity index (χ3v) is 3.51. The number of pyridine rings is 1. The first-order chi connectivity index (χ1) is 9.26. The van der Waals surface area contributed by atoms with E-state index in [1.807, 2.05) is 47.9 Å². The molecule has 0 bridgehead atoms. The van der Waals surface area contributed by atoms with Crippen molar-refractivity contribution in [3.63, 3.8) is 0 Å². The highest BCUT2D eigenvalue weighted by Gasteiger charge is 2.04. The Morgan fingerprint density at radius 3 is 2.63 bits per heavy atom. The van der Waals surface area contributed by atoms with E-state index in [9.17, 15) is 0 Å². The summed E-state index contributed by atoms with van der Waals surface area (Å²) in [6.45, 7) is 2.67. The lowest BCUT2D eigenvalue weighted by Crippen LogP contribution is -1.90. The first kappa shape index (κ1) is 12.5. The molecule has 3 aromatic rings. The van der Waals surface area contributed by atoms with Gasteiger partial charge in [-0.3, -0.25) is 0 Å². The van der Waals surface area contributed by atoms with Gasteiger partial charge in [-0.25, -0.2) is 4.98 Å². The molecule has 1 aromatic carbocycles. The number of halogens is 1. The Kier molecular flexibility index (Phi) is 3.42. The molecule has 96 valence electrons. The van der Waals surface area contributed by atoms with Crippen LogP contribution in [0.3, 0.4) is 0 Å². The van der Waals surface area contributed by atoms with Crippen LogP contribution in [0.2, 0.25) is 0 Å². The molecule has 0 aliphatic rings. The number of nitrogens with zero attached hydrogens (tertiary/aromatic N) is 2. The van der Waals surface area contributed by atoms with Crippen molar-refractivity contribution in [2.75, 3.05) is 6.61 Å². The second-order valence-corrected chi connectivity index (χ2v) is 5.44. The van der Waals surface area contributed by atoms with Crippen LogP contribution < -0.4 is 4.74 Å². The normalized spacial score (nSPS) is 10.8. The second kappa shape index (κ2) is 5.21. The van der Waals surface area contributed by atoms with Gasteiger partial charge in [0.25, 0.3) is 0 Å². The lowest BCUT2D eigenvalue weighted by molar-refractivity contribution is 0.340. The van der Waals surface area contributed by atoms with Crippen LogP contribution in [0.15, 0.2) is 48.8 Å². The van der Waals surface area contributed by atoms with E-state index in [0.717, 1.165) is 22.7 Å². The molecule has 0 N–H and O–H groups in total. The van der Waals surface area contributed by atoms with Crippen molar-refractivity contribution < 1.29 is 4.74 Å². The number of ether oxygens (including phenoxy) is 1. The van der Waals surface area contributed by atoms with Gasteiger partial charge < -0.3 is 9.14 Å². The summed E-state index contributed by atoms with van der Waals surface area (Å²) in [5, 5.41) is 0. The summed E-state index contributed by atoms with van der Waals surface area (Å²) < 4.78 is 8.69. The summed E-state index contributed by atoms with van der Waals surface area (Å²) in [6.07, 6.45) is 4.12. The molecule has 0 spiro atoms. The van der Waals surface area contributed by atoms with Crippen LogP contribution in [-0.4, -0.2) is 16.0 Å². The van der Waals surface area contributed by atoms with Crippen molar-refractivity contribution >= 4 is 28.2 Å². The quantitative estimate of drug-likeness (QED) is 0.660. The predicted molar refractivity (Wildman–Crippen MR) is 84.5 cm³/mol. The average molecular weight is 360 g/mol. The Balaban J connectivity index is 1.99. The van der Waals surface area contributed by atoms with E-state index >= 15 is 0 Å². The third kappa shape index (κ3) is 2.58. The molecular formula is C15H13IN2O. The van der Waals surface area contributed by atoms with Crippen molar-refractivity contribution in [2.45, 2.75) is 6.92 Å². The Morgan fingerprint density at radius 1 is 1.11 bits per heavy atom. The number of hydrogen-bond acceptors (Lipinski definition) is 2. The Hall–Kier alpha value is -1.56. The van der Waals surface area contributed by atoms with Gasteiger partial charge in [-0.1, -0.05) is 0 Å². The maximum atomic E-state index is 5.44. The Bertz CT molecular complexity index is 704. The number of fused-ring (bicyclic) bond motifs is 1. The fourth-order valence-electron chi connectivity index (χ4n) is 1.99. The minimum atomic E-state index is 0.687. The van der Waals surface area contributed by atoms with Gasteiger partial charge in [-0.2, -0.15) is 0 Å². The minimum Gasteiger partial charge on any atom is -0.494 e. The van der Waals surface area contributed by atoms with E-state index in [2.05, 4.69) is 39.8 Å². The molecule has 0 aliphatic heterocycles. The zero-order valence-corrected chi connectivity index (χ0v) is 12.7. The summed E-state index contributed by atoms with van der Waals surface area (Å²) in [4.78, 5) is 4.62. The smallest absolute Gasteiger partial charge is 0.137 e. The summed E-state index contributed by atoms with van der Waals surface area (Å²) in [7, 11) is 0. The van der Waals surface area contributed by atoms with Crippen LogP contribution in [0, 0.1) is 3.57 Å². The van der Waals surface area contributed by atoms with Crippen molar-refractivity contribution in [1.29, 1.82) is 0 Å². The first-order valence-corrected chi connectivity index (χ1v) is 7.21. The van der Waals surface area contributed by atoms with Crippen LogP contribution in [-0.2, 0) is 0 Å². The molecule has 2 heterocycles. The number of rotatable bonds is 3. The van der Waals surface area contributed by atoms with E-state index in [-0.39, 0.29) is 0 Å². The van der Waals surface area contributed by atoms with Gasteiger partial charge in [0, 0.05) is 21.5 Å². The monoisotopic (exact) mass is 360 g/mol. The van der Waals surface area contributed by atoms with Gasteiger partial charge in [0.05, 0.1) is 12.3 Å². The molecule has 0 saturated carbocycles. The van der Waals surface area contributed by atoms with E-state index in [1.165, 1.54) is 3.57 Å². The standard InChI is InChI=1S/C15H13IN2O/c1-2-19-13-6-3-11(4-7-13)14-10-18-9-12(16)5-8-15(18)17-14/h3-10H,2H2,1H3/i16-4. The van der Waals surface area contributed by atoms with Crippen LogP contribution in [0.1, 0.15) is 6.92 Å². The van der Waals surface area contributed by atoms with Gasteiger partial charge in [-0.05, 0) is 65.9 Å². The molecule has 19 heavy (non-hydrogen) atoms. The fourth-order valence-corrected chi connectivity index (χ4v) is 2.47. The number of aromatic nitrogens is 2. The molecule has 0 unspecified atom stereocenters. The number of imidazole rings is 1. The van der Waals surface area contributed by atoms with Crippen LogP contribution >= 0.6 is 22.6 Å². The van der Waals surface area contributed by atoms with Gasteiger partial charge in [0.15, 0.2) is 0 Å². The zero-order chi connectivity index (χ0) is 13.2. The Morgan fingerprint density at radius 2 is 1.89 bits per heavy atom. The SMILES string of the molecule is CCOc1ccc(-c2cn3cc([123I])ccc3n2)cc1. The molecule has 0 saturated heterocycles. The molecule has 0 atom stereocenters. The lowest BCUT2D eigenvalue weighted by atomic mass is 10.2. The van der Waals surface area contributed by atoms with E-state index in [4.69, 9.17) is 4.74 Å². The van der Waals surface area contributed by atoms with Crippen molar-refractivity contribution in [3.05, 3.63) is 52.4 Å². The minimum absolute atomic E-state index is 0.687. The van der Waals surface area contributed by atoms with Gasteiger partial charge >= 0.3 is 0 Å². The molecule has 3 rings (SSSR count). The molecule has 0 radical (unpaired) electrons. The molecule has 3 nitrogen and oxygen atoms in total. The van der Waals surface area contributed by atoms with Crippen molar-refractivity contribution in [3.8, 4) is 17.0 Å². The highest BCUT2D eigenvalue weighted by Crippen LogP contribution is 2.22. The predicted octanol–water partition coefficient (Wildman–Crippen LogP) is 4.00. The average Bonchev–Trinajstić information content (AvgIpc) is 2.83. The molecule has 4 heteroatoms. The van der Waals surface area contributed by atoms with E-state index in [1.54, 1.807) is 0 Å². The van der Waals surface area contributed by atoms with Crippen molar-refractivity contribution in [2.24, 2.45) is 0 Å². The van der Waals surface area contributed by atoms with Crippen LogP contribution in [0.25, 0.3) is 16.9 Å². The largest absolute Gasteiger partial charge is 0.494 e. The third-order valence-electron chi connectivity index (χ3n) is 2.88. The first-order valence-electron chi connectivity index (χ1n) is 6.14. The fraction of sp³-hybridized carbons (Fsp3) is 0.133. The van der Waals surface area contributed by atoms with Gasteiger partial charge in [-0.15, -0.1) is 0 Å². The maximum Gasteiger partial charge on any atom is 0.137 e. The molecular weight excluding hydrogens is 347 g/mol. The van der Waals surface area contributed by atoms with Crippen molar-refractivity contribution in [1.82, 2.24) is 9.38 Å². The van der Waals surface area contributed by atoms with Gasteiger partial charge in [0.1, 0.15) is 11.4 Å². The van der Waals surface area contributed by atoms with Crippen LogP contribution in [0.4, 0.5) is 0 Å². The van der Waals surface area contributed by atoms with Crippen LogP contribution in [0.5, 0.6) is 5.75 Å². The lowest BCUT2D eigenvalue weighted by Gasteiger charge is -2.02. The highest BCUT2D eigenvalue weighted by atomic mass is 123. The number of benzene rings is 1. The highest BCUT2D eigenvalue weighted by molar-refractivity contribution is 14.1. The summed E-state index contributed by atoms with van der Waals surface area (Å²) in [5.41, 5.74) is 3.04. The van der Waals surface area contributed by atoms with Gasteiger partial charge in [0.2, 0.25) is 0 Å². The molecule has 0 amide bonds. The van der Waals surface area contributed by atoms with E-state index in [0.29, 0.717) is 6.61 Å². The number of hydrogen-bond donors (Lipinski definition) is 0. The summed E-state index contributed by atoms with van der Waals surface area (Å²) >= 11 is 2.30. The Labute approximate surface area is 125 Å². The second-order valence-electron chi connectivity index (χ2n) is 4.20. The maximum absolute atomic E-state index is 5.44. The molecule has 0 aliphatic carbocycles. The molecule has 2 aromatic heterocycles. The summed E-state index contributed by atoms with van der Waals surface area (Å²) in [5.74, 6) is 0.893. The topological polar surface area (TPSA) is 26.5 Å². The summed E-state index contributed by atoms with van der Waals surface area (Å²) in [6, 6.07) is 12.1. The van der Waals surface area contributed by atoms with E-state index < -0.39 is 0 Å².